The van der Waals surface area contributed by atoms with Crippen LogP contribution in [0, 0.1) is 0 Å². The summed E-state index contributed by atoms with van der Waals surface area (Å²) in [5.74, 6) is 0. The van der Waals surface area contributed by atoms with Gasteiger partial charge in [0.1, 0.15) is 0 Å². The lowest BCUT2D eigenvalue weighted by Gasteiger charge is -1.98. The van der Waals surface area contributed by atoms with E-state index in [0.29, 0.717) is 0 Å². The van der Waals surface area contributed by atoms with E-state index < -0.39 is 0 Å². The maximum atomic E-state index is 4.10. The standard InChI is InChI=1S/C13H10N2/c1-2-4-10(5-3-1)13-12-6-7-14-8-11(12)9-15-13/h1-9,15H. The van der Waals surface area contributed by atoms with Crippen LogP contribution in [0.3, 0.4) is 0 Å². The minimum Gasteiger partial charge on any atom is -0.360 e. The van der Waals surface area contributed by atoms with Crippen LogP contribution in [0.1, 0.15) is 0 Å². The van der Waals surface area contributed by atoms with Crippen LogP contribution in [0.15, 0.2) is 55.0 Å². The number of pyridine rings is 1. The Labute approximate surface area is 87.6 Å². The fraction of sp³-hybridized carbons (Fsp3) is 0. The van der Waals surface area contributed by atoms with E-state index in [-0.39, 0.29) is 0 Å². The molecule has 2 heterocycles. The van der Waals surface area contributed by atoms with Gasteiger partial charge in [-0.3, -0.25) is 4.98 Å². The second-order valence-electron chi connectivity index (χ2n) is 3.49. The number of benzene rings is 1. The molecule has 1 aromatic carbocycles. The topological polar surface area (TPSA) is 28.7 Å². The van der Waals surface area contributed by atoms with Crippen molar-refractivity contribution in [1.82, 2.24) is 9.97 Å². The van der Waals surface area contributed by atoms with Crippen molar-refractivity contribution in [3.63, 3.8) is 0 Å². The number of nitrogens with zero attached hydrogens (tertiary/aromatic N) is 1. The van der Waals surface area contributed by atoms with Gasteiger partial charge in [0.2, 0.25) is 0 Å². The normalized spacial score (nSPS) is 10.7. The van der Waals surface area contributed by atoms with Gasteiger partial charge in [0.25, 0.3) is 0 Å². The highest BCUT2D eigenvalue weighted by molar-refractivity contribution is 5.94. The molecule has 3 aromatic rings. The maximum Gasteiger partial charge on any atom is 0.0534 e. The number of aromatic nitrogens is 2. The van der Waals surface area contributed by atoms with Crippen LogP contribution >= 0.6 is 0 Å². The number of H-pyrrole nitrogens is 1. The molecule has 0 spiro atoms. The third-order valence-electron chi connectivity index (χ3n) is 2.56. The van der Waals surface area contributed by atoms with E-state index in [4.69, 9.17) is 0 Å². The zero-order valence-corrected chi connectivity index (χ0v) is 8.14. The lowest BCUT2D eigenvalue weighted by molar-refractivity contribution is 1.37. The molecule has 0 saturated carbocycles. The van der Waals surface area contributed by atoms with E-state index in [1.54, 1.807) is 0 Å². The van der Waals surface area contributed by atoms with Gasteiger partial charge in [-0.2, -0.15) is 0 Å². The lowest BCUT2D eigenvalue weighted by Crippen LogP contribution is -1.76. The van der Waals surface area contributed by atoms with Gasteiger partial charge in [-0.05, 0) is 11.6 Å². The van der Waals surface area contributed by atoms with Gasteiger partial charge in [0.05, 0.1) is 5.69 Å². The summed E-state index contributed by atoms with van der Waals surface area (Å²) in [6.07, 6.45) is 5.69. The van der Waals surface area contributed by atoms with Crippen LogP contribution in [-0.4, -0.2) is 9.97 Å². The molecular weight excluding hydrogens is 184 g/mol. The third-order valence-corrected chi connectivity index (χ3v) is 2.56. The fourth-order valence-corrected chi connectivity index (χ4v) is 1.82. The Morgan fingerprint density at radius 1 is 1.00 bits per heavy atom. The van der Waals surface area contributed by atoms with E-state index in [2.05, 4.69) is 22.1 Å². The lowest BCUT2D eigenvalue weighted by atomic mass is 10.1. The molecule has 0 unspecified atom stereocenters. The first-order valence-corrected chi connectivity index (χ1v) is 4.92. The smallest absolute Gasteiger partial charge is 0.0534 e. The van der Waals surface area contributed by atoms with Crippen LogP contribution in [0.25, 0.3) is 22.0 Å². The molecule has 72 valence electrons. The van der Waals surface area contributed by atoms with E-state index in [1.165, 1.54) is 10.9 Å². The quantitative estimate of drug-likeness (QED) is 0.633. The molecule has 2 aromatic heterocycles. The minimum absolute atomic E-state index is 1.15. The molecular formula is C13H10N2. The number of hydrogen-bond acceptors (Lipinski definition) is 1. The summed E-state index contributed by atoms with van der Waals surface area (Å²) in [5, 5.41) is 2.37. The molecule has 0 atom stereocenters. The van der Waals surface area contributed by atoms with E-state index >= 15 is 0 Å². The van der Waals surface area contributed by atoms with Crippen molar-refractivity contribution in [1.29, 1.82) is 0 Å². The zero-order chi connectivity index (χ0) is 10.1. The molecule has 3 rings (SSSR count). The van der Waals surface area contributed by atoms with E-state index in [1.807, 2.05) is 42.9 Å². The van der Waals surface area contributed by atoms with Crippen LogP contribution < -0.4 is 0 Å². The fourth-order valence-electron chi connectivity index (χ4n) is 1.82. The molecule has 1 N–H and O–H groups in total. The Morgan fingerprint density at radius 2 is 1.87 bits per heavy atom. The van der Waals surface area contributed by atoms with Crippen LogP contribution in [0.2, 0.25) is 0 Å². The second kappa shape index (κ2) is 3.24. The molecule has 0 amide bonds. The van der Waals surface area contributed by atoms with Gasteiger partial charge in [0, 0.05) is 29.4 Å². The average molecular weight is 194 g/mol. The monoisotopic (exact) mass is 194 g/mol. The highest BCUT2D eigenvalue weighted by atomic mass is 14.7. The number of hydrogen-bond donors (Lipinski definition) is 1. The summed E-state index contributed by atoms with van der Waals surface area (Å²) in [6.45, 7) is 0. The Kier molecular flexibility index (Phi) is 1.78. The van der Waals surface area contributed by atoms with Crippen LogP contribution in [0.5, 0.6) is 0 Å². The van der Waals surface area contributed by atoms with Gasteiger partial charge >= 0.3 is 0 Å². The molecule has 0 aliphatic heterocycles. The molecule has 0 bridgehead atoms. The van der Waals surface area contributed by atoms with Crippen molar-refractivity contribution in [3.8, 4) is 11.3 Å². The van der Waals surface area contributed by atoms with Crippen molar-refractivity contribution in [2.24, 2.45) is 0 Å². The number of nitrogens with one attached hydrogen (secondary N) is 1. The first-order chi connectivity index (χ1) is 7.45. The Balaban J connectivity index is 2.28. The molecule has 0 saturated heterocycles. The first kappa shape index (κ1) is 8.24. The Morgan fingerprint density at radius 3 is 2.73 bits per heavy atom. The molecule has 2 heteroatoms. The number of aromatic amines is 1. The van der Waals surface area contributed by atoms with Gasteiger partial charge in [-0.15, -0.1) is 0 Å². The van der Waals surface area contributed by atoms with E-state index in [9.17, 15) is 0 Å². The van der Waals surface area contributed by atoms with Gasteiger partial charge in [-0.25, -0.2) is 0 Å². The summed E-state index contributed by atoms with van der Waals surface area (Å²) < 4.78 is 0. The van der Waals surface area contributed by atoms with E-state index in [0.717, 1.165) is 11.1 Å². The predicted octanol–water partition coefficient (Wildman–Crippen LogP) is 3.23. The van der Waals surface area contributed by atoms with Gasteiger partial charge in [0.15, 0.2) is 0 Å². The minimum atomic E-state index is 1.15. The second-order valence-corrected chi connectivity index (χ2v) is 3.49. The summed E-state index contributed by atoms with van der Waals surface area (Å²) in [6, 6.07) is 12.4. The van der Waals surface area contributed by atoms with Crippen LogP contribution in [0.4, 0.5) is 0 Å². The first-order valence-electron chi connectivity index (χ1n) is 4.92. The number of fused-ring (bicyclic) bond motifs is 1. The van der Waals surface area contributed by atoms with Crippen molar-refractivity contribution < 1.29 is 0 Å². The maximum absolute atomic E-state index is 4.10. The molecule has 0 aliphatic carbocycles. The summed E-state index contributed by atoms with van der Waals surface area (Å²) >= 11 is 0. The largest absolute Gasteiger partial charge is 0.360 e. The van der Waals surface area contributed by atoms with Crippen molar-refractivity contribution in [2.45, 2.75) is 0 Å². The highest BCUT2D eigenvalue weighted by Crippen LogP contribution is 2.26. The summed E-state index contributed by atoms with van der Waals surface area (Å²) in [7, 11) is 0. The average Bonchev–Trinajstić information content (AvgIpc) is 2.74. The third kappa shape index (κ3) is 1.31. The van der Waals surface area contributed by atoms with Crippen molar-refractivity contribution >= 4 is 10.8 Å². The Hall–Kier alpha value is -2.09. The molecule has 0 radical (unpaired) electrons. The SMILES string of the molecule is c1ccc(-c2[nH]cc3cnccc23)cc1. The molecule has 15 heavy (non-hydrogen) atoms. The zero-order valence-electron chi connectivity index (χ0n) is 8.14. The Bertz CT molecular complexity index is 582. The molecule has 0 aliphatic rings. The molecule has 0 fully saturated rings. The predicted molar refractivity (Wildman–Crippen MR) is 61.5 cm³/mol. The summed E-state index contributed by atoms with van der Waals surface area (Å²) in [5.41, 5.74) is 2.37. The van der Waals surface area contributed by atoms with Gasteiger partial charge in [-0.1, -0.05) is 30.3 Å². The number of rotatable bonds is 1. The van der Waals surface area contributed by atoms with Crippen LogP contribution in [-0.2, 0) is 0 Å². The summed E-state index contributed by atoms with van der Waals surface area (Å²) in [4.78, 5) is 7.39. The van der Waals surface area contributed by atoms with Gasteiger partial charge < -0.3 is 4.98 Å². The van der Waals surface area contributed by atoms with Crippen molar-refractivity contribution in [3.05, 3.63) is 55.0 Å². The highest BCUT2D eigenvalue weighted by Gasteiger charge is 2.04. The van der Waals surface area contributed by atoms with Crippen molar-refractivity contribution in [2.75, 3.05) is 0 Å². The molecule has 2 nitrogen and oxygen atoms in total.